The van der Waals surface area contributed by atoms with Crippen LogP contribution in [0.2, 0.25) is 0 Å². The van der Waals surface area contributed by atoms with Crippen molar-refractivity contribution >= 4 is 17.6 Å². The summed E-state index contributed by atoms with van der Waals surface area (Å²) in [6, 6.07) is 7.69. The smallest absolute Gasteiger partial charge is 0.417 e. The lowest BCUT2D eigenvalue weighted by atomic mass is 9.84. The van der Waals surface area contributed by atoms with E-state index in [0.29, 0.717) is 11.0 Å². The average molecular weight is 421 g/mol. The van der Waals surface area contributed by atoms with Crippen LogP contribution < -0.4 is 4.90 Å². The molecule has 2 aromatic carbocycles. The number of phenols is 1. The molecule has 1 aliphatic rings. The predicted molar refractivity (Wildman–Crippen MR) is 97.2 cm³/mol. The van der Waals surface area contributed by atoms with Gasteiger partial charge in [0.2, 0.25) is 0 Å². The van der Waals surface area contributed by atoms with E-state index in [-0.39, 0.29) is 11.3 Å². The highest BCUT2D eigenvalue weighted by Gasteiger charge is 2.61. The Kier molecular flexibility index (Phi) is 4.94. The van der Waals surface area contributed by atoms with Crippen LogP contribution in [0.3, 0.4) is 0 Å². The number of phenolic OH excluding ortho intramolecular Hbond substituents is 1. The number of halogens is 4. The number of alkyl halides is 4. The molecule has 0 saturated carbocycles. The number of hydrogen-bond acceptors (Lipinski definition) is 4. The topological polar surface area (TPSA) is 84.6 Å². The number of benzene rings is 2. The molecule has 2 aromatic rings. The van der Waals surface area contributed by atoms with Crippen LogP contribution in [0, 0.1) is 11.3 Å². The molecule has 30 heavy (non-hydrogen) atoms. The van der Waals surface area contributed by atoms with Crippen molar-refractivity contribution in [1.29, 1.82) is 5.26 Å². The summed E-state index contributed by atoms with van der Waals surface area (Å²) in [4.78, 5) is 27.4. The van der Waals surface area contributed by atoms with E-state index in [2.05, 4.69) is 0 Å². The van der Waals surface area contributed by atoms with E-state index in [1.165, 1.54) is 30.3 Å². The number of imide groups is 1. The van der Waals surface area contributed by atoms with E-state index in [1.807, 2.05) is 0 Å². The number of likely N-dealkylation sites (N-methyl/N-ethyl adjacent to an activating group) is 1. The molecule has 156 valence electrons. The van der Waals surface area contributed by atoms with E-state index < -0.39 is 46.6 Å². The van der Waals surface area contributed by atoms with Crippen molar-refractivity contribution in [2.24, 2.45) is 0 Å². The van der Waals surface area contributed by atoms with Crippen LogP contribution in [0.25, 0.3) is 0 Å². The molecule has 2 unspecified atom stereocenters. The number of hydrogen-bond donors (Lipinski definition) is 1. The number of urea groups is 1. The maximum absolute atomic E-state index is 14.9. The fraction of sp³-hybridized carbons (Fsp3) is 0.250. The molecule has 1 N–H and O–H groups in total. The van der Waals surface area contributed by atoms with E-state index >= 15 is 0 Å². The molecule has 6 nitrogen and oxygen atoms in total. The van der Waals surface area contributed by atoms with Crippen molar-refractivity contribution < 1.29 is 32.3 Å². The van der Waals surface area contributed by atoms with Crippen LogP contribution in [-0.2, 0) is 16.5 Å². The number of amides is 3. The lowest BCUT2D eigenvalue weighted by molar-refractivity contribution is -0.137. The monoisotopic (exact) mass is 421 g/mol. The Morgan fingerprint density at radius 3 is 2.23 bits per heavy atom. The zero-order valence-electron chi connectivity index (χ0n) is 15.7. The molecule has 3 rings (SSSR count). The number of aromatic hydroxyl groups is 1. The molecule has 2 atom stereocenters. The summed E-state index contributed by atoms with van der Waals surface area (Å²) in [5.41, 5.74) is -4.53. The molecular formula is C20H15F4N3O3. The second-order valence-electron chi connectivity index (χ2n) is 6.75. The van der Waals surface area contributed by atoms with E-state index in [9.17, 15) is 32.3 Å². The quantitative estimate of drug-likeness (QED) is 0.601. The number of nitriles is 1. The predicted octanol–water partition coefficient (Wildman–Crippen LogP) is 3.93. The van der Waals surface area contributed by atoms with Gasteiger partial charge in [0, 0.05) is 7.05 Å². The van der Waals surface area contributed by atoms with Crippen molar-refractivity contribution in [3.63, 3.8) is 0 Å². The summed E-state index contributed by atoms with van der Waals surface area (Å²) in [5, 5.41) is 18.4. The second kappa shape index (κ2) is 7.02. The molecular weight excluding hydrogens is 406 g/mol. The number of carbonyl (C=O) groups is 2. The van der Waals surface area contributed by atoms with E-state index in [4.69, 9.17) is 5.26 Å². The highest BCUT2D eigenvalue weighted by molar-refractivity contribution is 6.23. The van der Waals surface area contributed by atoms with Gasteiger partial charge in [0.1, 0.15) is 11.9 Å². The molecule has 0 aromatic heterocycles. The first-order chi connectivity index (χ1) is 14.0. The normalized spacial score (nSPS) is 20.4. The molecule has 1 aliphatic heterocycles. The van der Waals surface area contributed by atoms with Crippen LogP contribution in [0.15, 0.2) is 42.5 Å². The van der Waals surface area contributed by atoms with Crippen molar-refractivity contribution in [3.8, 4) is 11.8 Å². The summed E-state index contributed by atoms with van der Waals surface area (Å²) < 4.78 is 54.8. The Balaban J connectivity index is 2.20. The zero-order chi connectivity index (χ0) is 22.4. The molecule has 1 saturated heterocycles. The Labute approximate surface area is 168 Å². The number of carbonyl (C=O) groups excluding carboxylic acids is 2. The molecule has 0 spiro atoms. The van der Waals surface area contributed by atoms with E-state index in [0.717, 1.165) is 31.0 Å². The maximum atomic E-state index is 14.9. The van der Waals surface area contributed by atoms with Crippen LogP contribution in [0.1, 0.15) is 23.6 Å². The van der Waals surface area contributed by atoms with Gasteiger partial charge in [-0.25, -0.2) is 14.1 Å². The molecule has 0 aliphatic carbocycles. The molecule has 0 bridgehead atoms. The van der Waals surface area contributed by atoms with Crippen LogP contribution in [-0.4, -0.2) is 35.2 Å². The Bertz CT molecular complexity index is 1060. The van der Waals surface area contributed by atoms with Gasteiger partial charge in [0.25, 0.3) is 5.91 Å². The lowest BCUT2D eigenvalue weighted by Crippen LogP contribution is -2.51. The van der Waals surface area contributed by atoms with Crippen molar-refractivity contribution in [3.05, 3.63) is 59.2 Å². The molecule has 10 heteroatoms. The van der Waals surface area contributed by atoms with Gasteiger partial charge in [-0.05, 0) is 42.8 Å². The van der Waals surface area contributed by atoms with Gasteiger partial charge < -0.3 is 10.0 Å². The number of anilines is 1. The molecule has 3 amide bonds. The Morgan fingerprint density at radius 1 is 1.13 bits per heavy atom. The summed E-state index contributed by atoms with van der Waals surface area (Å²) in [7, 11) is 1.16. The first-order valence-electron chi connectivity index (χ1n) is 8.63. The van der Waals surface area contributed by atoms with Gasteiger partial charge in [-0.15, -0.1) is 0 Å². The zero-order valence-corrected chi connectivity index (χ0v) is 15.7. The van der Waals surface area contributed by atoms with Crippen molar-refractivity contribution in [2.75, 3.05) is 11.9 Å². The number of nitrogens with zero attached hydrogens (tertiary/aromatic N) is 3. The van der Waals surface area contributed by atoms with Crippen molar-refractivity contribution in [1.82, 2.24) is 4.90 Å². The van der Waals surface area contributed by atoms with Gasteiger partial charge in [-0.3, -0.25) is 4.79 Å². The van der Waals surface area contributed by atoms with Crippen LogP contribution in [0.5, 0.6) is 5.75 Å². The highest BCUT2D eigenvalue weighted by Crippen LogP contribution is 2.44. The molecule has 0 radical (unpaired) electrons. The Morgan fingerprint density at radius 2 is 1.73 bits per heavy atom. The maximum Gasteiger partial charge on any atom is 0.417 e. The van der Waals surface area contributed by atoms with Crippen LogP contribution >= 0.6 is 0 Å². The van der Waals surface area contributed by atoms with Gasteiger partial charge in [-0.1, -0.05) is 12.1 Å². The SMILES string of the molecule is CC(F)C1(c2ccc(O)cc2)C(=O)N(c2ccc(C#N)c(C(F)(F)F)c2)C(=O)N1C. The van der Waals surface area contributed by atoms with Gasteiger partial charge in [0.05, 0.1) is 22.9 Å². The lowest BCUT2D eigenvalue weighted by Gasteiger charge is -2.34. The second-order valence-corrected chi connectivity index (χ2v) is 6.75. The highest BCUT2D eigenvalue weighted by atomic mass is 19.4. The Hall–Kier alpha value is -3.61. The minimum absolute atomic E-state index is 0.0448. The first kappa shape index (κ1) is 21.1. The van der Waals surface area contributed by atoms with Crippen molar-refractivity contribution in [2.45, 2.75) is 24.8 Å². The van der Waals surface area contributed by atoms with Gasteiger partial charge in [0.15, 0.2) is 5.54 Å². The fourth-order valence-electron chi connectivity index (χ4n) is 3.63. The third-order valence-corrected chi connectivity index (χ3v) is 5.11. The molecule has 1 fully saturated rings. The first-order valence-corrected chi connectivity index (χ1v) is 8.63. The van der Waals surface area contributed by atoms with Crippen LogP contribution in [0.4, 0.5) is 28.0 Å². The number of rotatable bonds is 3. The standard InChI is InChI=1S/C20H15F4N3O3/c1-11(21)19(13-4-7-15(28)8-5-13)17(29)27(18(30)26(19)2)14-6-3-12(10-25)16(9-14)20(22,23)24/h3-9,11,28H,1-2H3. The molecule has 1 heterocycles. The minimum atomic E-state index is -4.90. The average Bonchev–Trinajstić information content (AvgIpc) is 2.88. The van der Waals surface area contributed by atoms with Gasteiger partial charge in [-0.2, -0.15) is 18.4 Å². The summed E-state index contributed by atoms with van der Waals surface area (Å²) in [6.07, 6.45) is -6.84. The summed E-state index contributed by atoms with van der Waals surface area (Å²) >= 11 is 0. The van der Waals surface area contributed by atoms with Gasteiger partial charge >= 0.3 is 12.2 Å². The minimum Gasteiger partial charge on any atom is -0.508 e. The largest absolute Gasteiger partial charge is 0.508 e. The third kappa shape index (κ3) is 2.94. The fourth-order valence-corrected chi connectivity index (χ4v) is 3.63. The summed E-state index contributed by atoms with van der Waals surface area (Å²) in [5.74, 6) is -1.24. The summed E-state index contributed by atoms with van der Waals surface area (Å²) in [6.45, 7) is 1.05. The van der Waals surface area contributed by atoms with E-state index in [1.54, 1.807) is 0 Å². The third-order valence-electron chi connectivity index (χ3n) is 5.11.